The van der Waals surface area contributed by atoms with Gasteiger partial charge in [-0.25, -0.2) is 4.79 Å². The lowest BCUT2D eigenvalue weighted by molar-refractivity contribution is -0.0106. The summed E-state index contributed by atoms with van der Waals surface area (Å²) in [7, 11) is 0. The molecule has 2 aromatic carbocycles. The average molecular weight is 367 g/mol. The smallest absolute Gasteiger partial charge is 0.410 e. The van der Waals surface area contributed by atoms with E-state index in [1.807, 2.05) is 62.1 Å². The Kier molecular flexibility index (Phi) is 5.85. The van der Waals surface area contributed by atoms with Gasteiger partial charge in [-0.1, -0.05) is 60.7 Å². The van der Waals surface area contributed by atoms with Crippen LogP contribution in [0.4, 0.5) is 4.79 Å². The maximum atomic E-state index is 12.9. The molecule has 2 aromatic rings. The molecule has 1 aliphatic heterocycles. The van der Waals surface area contributed by atoms with Crippen LogP contribution in [0.1, 0.15) is 50.7 Å². The zero-order chi connectivity index (χ0) is 19.4. The van der Waals surface area contributed by atoms with Crippen LogP contribution in [0.15, 0.2) is 60.7 Å². The fraction of sp³-hybridized carbons (Fsp3) is 0.435. The largest absolute Gasteiger partial charge is 0.444 e. The molecule has 1 fully saturated rings. The summed E-state index contributed by atoms with van der Waals surface area (Å²) in [4.78, 5) is 14.7. The zero-order valence-corrected chi connectivity index (χ0v) is 16.3. The van der Waals surface area contributed by atoms with Gasteiger partial charge in [0.15, 0.2) is 0 Å². The van der Waals surface area contributed by atoms with Gasteiger partial charge in [0.1, 0.15) is 5.60 Å². The van der Waals surface area contributed by atoms with E-state index in [-0.39, 0.29) is 18.1 Å². The monoisotopic (exact) mass is 367 g/mol. The van der Waals surface area contributed by atoms with Gasteiger partial charge in [0.05, 0.1) is 6.10 Å². The molecule has 1 saturated heterocycles. The van der Waals surface area contributed by atoms with E-state index in [0.29, 0.717) is 19.4 Å². The van der Waals surface area contributed by atoms with Crippen molar-refractivity contribution in [2.24, 2.45) is 0 Å². The van der Waals surface area contributed by atoms with E-state index in [0.717, 1.165) is 11.1 Å². The van der Waals surface area contributed by atoms with Gasteiger partial charge >= 0.3 is 6.09 Å². The fourth-order valence-corrected chi connectivity index (χ4v) is 3.80. The molecule has 0 spiro atoms. The number of hydrogen-bond donors (Lipinski definition) is 1. The van der Waals surface area contributed by atoms with Gasteiger partial charge in [-0.3, -0.25) is 0 Å². The molecule has 3 rings (SSSR count). The summed E-state index contributed by atoms with van der Waals surface area (Å²) in [5.74, 6) is -0.0186. The Labute approximate surface area is 161 Å². The van der Waals surface area contributed by atoms with Crippen LogP contribution in [0.3, 0.4) is 0 Å². The van der Waals surface area contributed by atoms with Crippen LogP contribution in [0.25, 0.3) is 0 Å². The van der Waals surface area contributed by atoms with Crippen LogP contribution in [-0.2, 0) is 4.74 Å². The van der Waals surface area contributed by atoms with Crippen LogP contribution in [0, 0.1) is 0 Å². The number of carbonyl (C=O) groups is 1. The van der Waals surface area contributed by atoms with E-state index in [9.17, 15) is 9.90 Å². The van der Waals surface area contributed by atoms with Crippen molar-refractivity contribution in [1.82, 2.24) is 4.90 Å². The minimum Gasteiger partial charge on any atom is -0.444 e. The molecule has 4 heteroatoms. The molecule has 2 unspecified atom stereocenters. The Morgan fingerprint density at radius 3 is 2.04 bits per heavy atom. The minimum absolute atomic E-state index is 0.0186. The number of benzene rings is 2. The Hall–Kier alpha value is -2.33. The van der Waals surface area contributed by atoms with Crippen molar-refractivity contribution in [3.8, 4) is 0 Å². The molecule has 1 N–H and O–H groups in total. The maximum absolute atomic E-state index is 12.9. The summed E-state index contributed by atoms with van der Waals surface area (Å²) in [5.41, 5.74) is 1.72. The maximum Gasteiger partial charge on any atom is 0.410 e. The zero-order valence-electron chi connectivity index (χ0n) is 16.3. The third kappa shape index (κ3) is 4.89. The number of rotatable bonds is 3. The third-order valence-corrected chi connectivity index (χ3v) is 4.95. The Morgan fingerprint density at radius 1 is 1.04 bits per heavy atom. The number of piperidine rings is 1. The van der Waals surface area contributed by atoms with Crippen LogP contribution in [0.5, 0.6) is 0 Å². The summed E-state index contributed by atoms with van der Waals surface area (Å²) in [6, 6.07) is 20.2. The van der Waals surface area contributed by atoms with E-state index >= 15 is 0 Å². The second kappa shape index (κ2) is 8.13. The molecule has 1 heterocycles. The number of amides is 1. The highest BCUT2D eigenvalue weighted by Gasteiger charge is 2.39. The standard InChI is InChI=1S/C23H29NO3/c1-23(2,3)27-22(26)24-15-14-19(25)16-20(24)21(17-10-6-4-7-11-17)18-12-8-5-9-13-18/h4-13,19-21,25H,14-16H2,1-3H3. The van der Waals surface area contributed by atoms with Crippen molar-refractivity contribution in [2.75, 3.05) is 6.54 Å². The first-order chi connectivity index (χ1) is 12.8. The van der Waals surface area contributed by atoms with Gasteiger partial charge in [-0.15, -0.1) is 0 Å². The van der Waals surface area contributed by atoms with Crippen LogP contribution < -0.4 is 0 Å². The molecule has 0 aromatic heterocycles. The lowest BCUT2D eigenvalue weighted by Crippen LogP contribution is -2.51. The fourth-order valence-electron chi connectivity index (χ4n) is 3.80. The van der Waals surface area contributed by atoms with Crippen LogP contribution >= 0.6 is 0 Å². The molecule has 1 amide bonds. The highest BCUT2D eigenvalue weighted by molar-refractivity contribution is 5.69. The summed E-state index contributed by atoms with van der Waals surface area (Å²) in [6.07, 6.45) is 0.389. The number of likely N-dealkylation sites (tertiary alicyclic amines) is 1. The molecule has 2 atom stereocenters. The van der Waals surface area contributed by atoms with E-state index in [4.69, 9.17) is 4.74 Å². The summed E-state index contributed by atoms with van der Waals surface area (Å²) < 4.78 is 5.67. The molecule has 0 bridgehead atoms. The van der Waals surface area contributed by atoms with Gasteiger partial charge < -0.3 is 14.7 Å². The molecule has 144 valence electrons. The molecular formula is C23H29NO3. The van der Waals surface area contributed by atoms with Crippen LogP contribution in [-0.4, -0.2) is 40.4 Å². The summed E-state index contributed by atoms with van der Waals surface area (Å²) in [6.45, 7) is 6.14. The first-order valence-corrected chi connectivity index (χ1v) is 9.63. The quantitative estimate of drug-likeness (QED) is 0.864. The van der Waals surface area contributed by atoms with E-state index in [1.165, 1.54) is 0 Å². The van der Waals surface area contributed by atoms with Gasteiger partial charge in [-0.2, -0.15) is 0 Å². The van der Waals surface area contributed by atoms with Crippen molar-refractivity contribution >= 4 is 6.09 Å². The SMILES string of the molecule is CC(C)(C)OC(=O)N1CCC(O)CC1C(c1ccccc1)c1ccccc1. The first-order valence-electron chi connectivity index (χ1n) is 9.63. The predicted molar refractivity (Wildman–Crippen MR) is 107 cm³/mol. The first kappa shape index (κ1) is 19.4. The number of aliphatic hydroxyl groups excluding tert-OH is 1. The summed E-state index contributed by atoms with van der Waals surface area (Å²) >= 11 is 0. The molecule has 4 nitrogen and oxygen atoms in total. The number of nitrogens with zero attached hydrogens (tertiary/aromatic N) is 1. The number of ether oxygens (including phenoxy) is 1. The van der Waals surface area contributed by atoms with Crippen molar-refractivity contribution in [2.45, 2.75) is 57.3 Å². The van der Waals surface area contributed by atoms with E-state index in [2.05, 4.69) is 24.3 Å². The van der Waals surface area contributed by atoms with Gasteiger partial charge in [0.25, 0.3) is 0 Å². The Morgan fingerprint density at radius 2 is 1.56 bits per heavy atom. The molecule has 0 aliphatic carbocycles. The second-order valence-corrected chi connectivity index (χ2v) is 8.22. The third-order valence-electron chi connectivity index (χ3n) is 4.95. The number of hydrogen-bond acceptors (Lipinski definition) is 3. The minimum atomic E-state index is -0.549. The molecule has 0 radical (unpaired) electrons. The van der Waals surface area contributed by atoms with Crippen molar-refractivity contribution < 1.29 is 14.6 Å². The van der Waals surface area contributed by atoms with Crippen molar-refractivity contribution in [1.29, 1.82) is 0 Å². The number of aliphatic hydroxyl groups is 1. The summed E-state index contributed by atoms with van der Waals surface area (Å²) in [5, 5.41) is 10.4. The lowest BCUT2D eigenvalue weighted by Gasteiger charge is -2.42. The average Bonchev–Trinajstić information content (AvgIpc) is 2.62. The van der Waals surface area contributed by atoms with Gasteiger partial charge in [-0.05, 0) is 44.7 Å². The molecular weight excluding hydrogens is 338 g/mol. The van der Waals surface area contributed by atoms with E-state index < -0.39 is 11.7 Å². The van der Waals surface area contributed by atoms with Gasteiger partial charge in [0.2, 0.25) is 0 Å². The highest BCUT2D eigenvalue weighted by atomic mass is 16.6. The second-order valence-electron chi connectivity index (χ2n) is 8.22. The van der Waals surface area contributed by atoms with Crippen molar-refractivity contribution in [3.63, 3.8) is 0 Å². The molecule has 1 aliphatic rings. The molecule has 0 saturated carbocycles. The Bertz CT molecular complexity index is 700. The lowest BCUT2D eigenvalue weighted by atomic mass is 9.80. The predicted octanol–water partition coefficient (Wildman–Crippen LogP) is 4.58. The molecule has 27 heavy (non-hydrogen) atoms. The van der Waals surface area contributed by atoms with Gasteiger partial charge in [0, 0.05) is 18.5 Å². The van der Waals surface area contributed by atoms with E-state index in [1.54, 1.807) is 0 Å². The normalized spacial score (nSPS) is 20.6. The Balaban J connectivity index is 2.00. The topological polar surface area (TPSA) is 49.8 Å². The van der Waals surface area contributed by atoms with Crippen molar-refractivity contribution in [3.05, 3.63) is 71.8 Å². The van der Waals surface area contributed by atoms with Crippen LogP contribution in [0.2, 0.25) is 0 Å². The highest BCUT2D eigenvalue weighted by Crippen LogP contribution is 2.36. The number of carbonyl (C=O) groups excluding carboxylic acids is 1.